The molecule has 0 aliphatic heterocycles. The zero-order valence-corrected chi connectivity index (χ0v) is 6.31. The number of hydrogen-bond acceptors (Lipinski definition) is 3. The van der Waals surface area contributed by atoms with Gasteiger partial charge in [0.05, 0.1) is 0 Å². The number of rotatable bonds is 0. The zero-order chi connectivity index (χ0) is 7.84. The van der Waals surface area contributed by atoms with Crippen LogP contribution in [0.2, 0.25) is 0 Å². The highest BCUT2D eigenvalue weighted by molar-refractivity contribution is 7.80. The molecule has 2 aromatic rings. The fraction of sp³-hybridized carbons (Fsp3) is 0. The monoisotopic (exact) mass is 169 g/mol. The first-order valence-electron chi connectivity index (χ1n) is 3.01. The summed E-state index contributed by atoms with van der Waals surface area (Å²) in [5.74, 6) is 0. The van der Waals surface area contributed by atoms with Gasteiger partial charge in [0.15, 0.2) is 5.58 Å². The first kappa shape index (κ1) is 6.67. The van der Waals surface area contributed by atoms with Gasteiger partial charge in [-0.1, -0.05) is 0 Å². The molecule has 0 bridgehead atoms. The smallest absolute Gasteiger partial charge is 0.382 e. The Labute approximate surface area is 67.4 Å². The molecule has 0 unspecified atom stereocenters. The van der Waals surface area contributed by atoms with Gasteiger partial charge in [0.1, 0.15) is 5.52 Å². The number of hydrogen-bond donors (Lipinski definition) is 1. The SMILES string of the molecule is Fc1nc2ccc(S)cc2o1. The van der Waals surface area contributed by atoms with Crippen molar-refractivity contribution in [3.05, 3.63) is 24.3 Å². The van der Waals surface area contributed by atoms with Gasteiger partial charge in [-0.15, -0.1) is 17.0 Å². The van der Waals surface area contributed by atoms with Crippen molar-refractivity contribution < 1.29 is 8.81 Å². The van der Waals surface area contributed by atoms with Gasteiger partial charge in [-0.05, 0) is 18.2 Å². The number of benzene rings is 1. The lowest BCUT2D eigenvalue weighted by Gasteiger charge is -1.86. The summed E-state index contributed by atoms with van der Waals surface area (Å²) in [6, 6.07) is 5.01. The van der Waals surface area contributed by atoms with E-state index < -0.39 is 6.14 Å². The van der Waals surface area contributed by atoms with Gasteiger partial charge in [-0.3, -0.25) is 0 Å². The molecule has 0 fully saturated rings. The van der Waals surface area contributed by atoms with Gasteiger partial charge in [-0.2, -0.15) is 4.98 Å². The van der Waals surface area contributed by atoms with E-state index in [1.807, 2.05) is 0 Å². The molecule has 0 amide bonds. The molecular formula is C7H4FNOS. The van der Waals surface area contributed by atoms with E-state index in [4.69, 9.17) is 0 Å². The van der Waals surface area contributed by atoms with Crippen LogP contribution >= 0.6 is 12.6 Å². The minimum absolute atomic E-state index is 0.426. The first-order valence-corrected chi connectivity index (χ1v) is 3.45. The van der Waals surface area contributed by atoms with Crippen molar-refractivity contribution in [2.75, 3.05) is 0 Å². The van der Waals surface area contributed by atoms with Crippen LogP contribution in [0.5, 0.6) is 0 Å². The Bertz CT molecular complexity index is 398. The summed E-state index contributed by atoms with van der Waals surface area (Å²) < 4.78 is 17.0. The van der Waals surface area contributed by atoms with E-state index in [-0.39, 0.29) is 0 Å². The summed E-state index contributed by atoms with van der Waals surface area (Å²) in [5.41, 5.74) is 0.940. The Hall–Kier alpha value is -1.03. The van der Waals surface area contributed by atoms with Crippen LogP contribution in [0.4, 0.5) is 4.39 Å². The normalized spacial score (nSPS) is 10.7. The number of aromatic nitrogens is 1. The molecule has 1 heterocycles. The Morgan fingerprint density at radius 2 is 2.27 bits per heavy atom. The molecule has 0 saturated heterocycles. The fourth-order valence-corrected chi connectivity index (χ4v) is 1.08. The molecule has 2 rings (SSSR count). The van der Waals surface area contributed by atoms with E-state index in [9.17, 15) is 4.39 Å². The molecule has 0 N–H and O–H groups in total. The molecule has 0 aliphatic rings. The summed E-state index contributed by atoms with van der Waals surface area (Å²) in [4.78, 5) is 4.22. The zero-order valence-electron chi connectivity index (χ0n) is 5.41. The van der Waals surface area contributed by atoms with E-state index in [1.54, 1.807) is 18.2 Å². The topological polar surface area (TPSA) is 26.0 Å². The number of oxazole rings is 1. The van der Waals surface area contributed by atoms with Crippen LogP contribution in [-0.2, 0) is 0 Å². The van der Waals surface area contributed by atoms with Crippen molar-refractivity contribution >= 4 is 23.7 Å². The van der Waals surface area contributed by atoms with Crippen LogP contribution in [0.1, 0.15) is 0 Å². The van der Waals surface area contributed by atoms with E-state index in [2.05, 4.69) is 22.0 Å². The maximum Gasteiger partial charge on any atom is 0.382 e. The molecule has 11 heavy (non-hydrogen) atoms. The maximum absolute atomic E-state index is 12.4. The minimum atomic E-state index is -0.807. The summed E-state index contributed by atoms with van der Waals surface area (Å²) in [6.07, 6.45) is -0.807. The van der Waals surface area contributed by atoms with E-state index >= 15 is 0 Å². The van der Waals surface area contributed by atoms with Crippen LogP contribution in [0, 0.1) is 6.14 Å². The van der Waals surface area contributed by atoms with Crippen LogP contribution in [0.25, 0.3) is 11.1 Å². The van der Waals surface area contributed by atoms with Crippen molar-refractivity contribution in [3.8, 4) is 0 Å². The Balaban J connectivity index is 2.82. The van der Waals surface area contributed by atoms with E-state index in [0.717, 1.165) is 4.90 Å². The largest absolute Gasteiger partial charge is 0.415 e. The van der Waals surface area contributed by atoms with E-state index in [1.165, 1.54) is 0 Å². The fourth-order valence-electron chi connectivity index (χ4n) is 0.885. The van der Waals surface area contributed by atoms with Gasteiger partial charge < -0.3 is 4.42 Å². The highest BCUT2D eigenvalue weighted by Gasteiger charge is 2.02. The third kappa shape index (κ3) is 1.09. The van der Waals surface area contributed by atoms with Gasteiger partial charge in [-0.25, -0.2) is 0 Å². The lowest BCUT2D eigenvalue weighted by atomic mass is 10.3. The lowest BCUT2D eigenvalue weighted by molar-refractivity contribution is 0.354. The molecule has 2 nitrogen and oxygen atoms in total. The lowest BCUT2D eigenvalue weighted by Crippen LogP contribution is -1.68. The molecule has 0 atom stereocenters. The highest BCUT2D eigenvalue weighted by Crippen LogP contribution is 2.17. The summed E-state index contributed by atoms with van der Waals surface area (Å²) >= 11 is 4.06. The van der Waals surface area contributed by atoms with Gasteiger partial charge in [0.2, 0.25) is 0 Å². The highest BCUT2D eigenvalue weighted by atomic mass is 32.1. The first-order chi connectivity index (χ1) is 5.25. The molecule has 56 valence electrons. The van der Waals surface area contributed by atoms with Crippen LogP contribution in [0.15, 0.2) is 27.5 Å². The average Bonchev–Trinajstić information content (AvgIpc) is 2.27. The third-order valence-electron chi connectivity index (χ3n) is 1.35. The number of nitrogens with zero attached hydrogens (tertiary/aromatic N) is 1. The van der Waals surface area contributed by atoms with Crippen LogP contribution in [-0.4, -0.2) is 4.98 Å². The predicted molar refractivity (Wildman–Crippen MR) is 41.2 cm³/mol. The quantitative estimate of drug-likeness (QED) is 0.612. The second-order valence-electron chi connectivity index (χ2n) is 2.12. The summed E-state index contributed by atoms with van der Waals surface area (Å²) in [6.45, 7) is 0. The minimum Gasteiger partial charge on any atom is -0.415 e. The molecule has 4 heteroatoms. The van der Waals surface area contributed by atoms with Crippen molar-refractivity contribution in [3.63, 3.8) is 0 Å². The van der Waals surface area contributed by atoms with Crippen molar-refractivity contribution in [2.24, 2.45) is 0 Å². The van der Waals surface area contributed by atoms with Gasteiger partial charge >= 0.3 is 6.14 Å². The number of halogens is 1. The number of fused-ring (bicyclic) bond motifs is 1. The predicted octanol–water partition coefficient (Wildman–Crippen LogP) is 2.26. The Kier molecular flexibility index (Phi) is 1.35. The van der Waals surface area contributed by atoms with E-state index in [0.29, 0.717) is 11.1 Å². The molecule has 0 spiro atoms. The van der Waals surface area contributed by atoms with Gasteiger partial charge in [0.25, 0.3) is 0 Å². The second kappa shape index (κ2) is 2.23. The summed E-state index contributed by atoms with van der Waals surface area (Å²) in [5, 5.41) is 0. The summed E-state index contributed by atoms with van der Waals surface area (Å²) in [7, 11) is 0. The van der Waals surface area contributed by atoms with Crippen LogP contribution in [0.3, 0.4) is 0 Å². The number of thiol groups is 1. The van der Waals surface area contributed by atoms with Crippen molar-refractivity contribution in [1.82, 2.24) is 4.98 Å². The average molecular weight is 169 g/mol. The molecular weight excluding hydrogens is 165 g/mol. The van der Waals surface area contributed by atoms with Crippen molar-refractivity contribution in [2.45, 2.75) is 4.90 Å². The second-order valence-corrected chi connectivity index (χ2v) is 2.64. The maximum atomic E-state index is 12.4. The molecule has 0 saturated carbocycles. The molecule has 0 radical (unpaired) electrons. The van der Waals surface area contributed by atoms with Crippen molar-refractivity contribution in [1.29, 1.82) is 0 Å². The van der Waals surface area contributed by atoms with Crippen LogP contribution < -0.4 is 0 Å². The molecule has 1 aromatic carbocycles. The Morgan fingerprint density at radius 1 is 1.45 bits per heavy atom. The molecule has 0 aliphatic carbocycles. The standard InChI is InChI=1S/C7H4FNOS/c8-7-9-5-2-1-4(11)3-6(5)10-7/h1-3,11H. The molecule has 1 aromatic heterocycles. The Morgan fingerprint density at radius 3 is 3.09 bits per heavy atom. The third-order valence-corrected chi connectivity index (χ3v) is 1.62. The van der Waals surface area contributed by atoms with Gasteiger partial charge in [0, 0.05) is 4.90 Å².